The van der Waals surface area contributed by atoms with Crippen molar-refractivity contribution in [3.8, 4) is 0 Å². The Kier molecular flexibility index (Phi) is 9.61. The molecule has 3 heterocycles. The van der Waals surface area contributed by atoms with Crippen molar-refractivity contribution < 1.29 is 0 Å². The van der Waals surface area contributed by atoms with Crippen LogP contribution in [-0.2, 0) is 20.0 Å². The van der Waals surface area contributed by atoms with Crippen LogP contribution in [0.1, 0.15) is 48.7 Å². The summed E-state index contributed by atoms with van der Waals surface area (Å²) in [6, 6.07) is 11.7. The van der Waals surface area contributed by atoms with Crippen molar-refractivity contribution in [1.29, 1.82) is 0 Å². The topological polar surface area (TPSA) is 48.7 Å². The SMILES string of the molecule is CCNC(=NCCc1c(C)nn(C)c1C)N1CCC2C(CCCN2Cc2ccccc2)C1.I. The highest BCUT2D eigenvalue weighted by atomic mass is 127. The first-order valence-electron chi connectivity index (χ1n) is 12.4. The Morgan fingerprint density at radius 2 is 1.94 bits per heavy atom. The number of guanidine groups is 1. The molecule has 2 fully saturated rings. The molecule has 0 spiro atoms. The van der Waals surface area contributed by atoms with Crippen LogP contribution >= 0.6 is 24.0 Å². The summed E-state index contributed by atoms with van der Waals surface area (Å²) >= 11 is 0. The molecule has 2 unspecified atom stereocenters. The van der Waals surface area contributed by atoms with Crippen molar-refractivity contribution in [1.82, 2.24) is 24.9 Å². The molecule has 0 bridgehead atoms. The lowest BCUT2D eigenvalue weighted by Gasteiger charge is -2.48. The number of halogens is 1. The van der Waals surface area contributed by atoms with E-state index in [0.29, 0.717) is 6.04 Å². The van der Waals surface area contributed by atoms with Gasteiger partial charge in [-0.05, 0) is 70.0 Å². The third-order valence-corrected chi connectivity index (χ3v) is 7.33. The number of piperidine rings is 2. The first-order valence-corrected chi connectivity index (χ1v) is 12.4. The summed E-state index contributed by atoms with van der Waals surface area (Å²) in [5, 5.41) is 8.12. The zero-order valence-electron chi connectivity index (χ0n) is 20.8. The highest BCUT2D eigenvalue weighted by molar-refractivity contribution is 14.0. The number of hydrogen-bond donors (Lipinski definition) is 1. The van der Waals surface area contributed by atoms with Gasteiger partial charge < -0.3 is 10.2 Å². The molecule has 33 heavy (non-hydrogen) atoms. The number of nitrogens with one attached hydrogen (secondary N) is 1. The van der Waals surface area contributed by atoms with Crippen LogP contribution < -0.4 is 5.32 Å². The third-order valence-electron chi connectivity index (χ3n) is 7.33. The van der Waals surface area contributed by atoms with Crippen LogP contribution in [0.3, 0.4) is 0 Å². The van der Waals surface area contributed by atoms with E-state index in [9.17, 15) is 0 Å². The minimum absolute atomic E-state index is 0. The number of likely N-dealkylation sites (tertiary alicyclic amines) is 2. The van der Waals surface area contributed by atoms with Crippen LogP contribution in [0, 0.1) is 19.8 Å². The second-order valence-corrected chi connectivity index (χ2v) is 9.42. The van der Waals surface area contributed by atoms with E-state index in [1.165, 1.54) is 42.6 Å². The maximum absolute atomic E-state index is 5.03. The van der Waals surface area contributed by atoms with Crippen molar-refractivity contribution in [2.45, 2.75) is 59.0 Å². The van der Waals surface area contributed by atoms with Gasteiger partial charge in [-0.1, -0.05) is 30.3 Å². The monoisotopic (exact) mass is 564 g/mol. The number of aromatic nitrogens is 2. The van der Waals surface area contributed by atoms with Gasteiger partial charge in [0, 0.05) is 51.5 Å². The summed E-state index contributed by atoms with van der Waals surface area (Å²) in [4.78, 5) is 10.3. The number of rotatable bonds is 6. The third kappa shape index (κ3) is 6.29. The van der Waals surface area contributed by atoms with E-state index in [2.05, 4.69) is 71.3 Å². The van der Waals surface area contributed by atoms with Crippen molar-refractivity contribution in [3.63, 3.8) is 0 Å². The van der Waals surface area contributed by atoms with Gasteiger partial charge in [0.1, 0.15) is 0 Å². The van der Waals surface area contributed by atoms with E-state index in [1.807, 2.05) is 11.7 Å². The number of hydrogen-bond acceptors (Lipinski definition) is 3. The summed E-state index contributed by atoms with van der Waals surface area (Å²) in [5.74, 6) is 1.82. The van der Waals surface area contributed by atoms with Crippen molar-refractivity contribution in [3.05, 3.63) is 52.8 Å². The molecule has 1 aromatic carbocycles. The van der Waals surface area contributed by atoms with Gasteiger partial charge in [-0.15, -0.1) is 24.0 Å². The molecule has 2 atom stereocenters. The van der Waals surface area contributed by atoms with Crippen molar-refractivity contribution >= 4 is 29.9 Å². The average Bonchev–Trinajstić information content (AvgIpc) is 3.05. The molecule has 0 saturated carbocycles. The molecule has 0 amide bonds. The Labute approximate surface area is 216 Å². The molecule has 4 rings (SSSR count). The summed E-state index contributed by atoms with van der Waals surface area (Å²) in [6.07, 6.45) is 4.81. The van der Waals surface area contributed by atoms with Crippen LogP contribution in [0.2, 0.25) is 0 Å². The number of nitrogens with zero attached hydrogens (tertiary/aromatic N) is 5. The van der Waals surface area contributed by atoms with Gasteiger partial charge in [-0.2, -0.15) is 5.10 Å². The zero-order chi connectivity index (χ0) is 22.5. The molecule has 0 aliphatic carbocycles. The fraction of sp³-hybridized carbons (Fsp3) is 0.615. The lowest BCUT2D eigenvalue weighted by molar-refractivity contribution is 0.0372. The number of fused-ring (bicyclic) bond motifs is 1. The van der Waals surface area contributed by atoms with E-state index in [1.54, 1.807) is 0 Å². The summed E-state index contributed by atoms with van der Waals surface area (Å²) in [7, 11) is 2.02. The zero-order valence-corrected chi connectivity index (χ0v) is 23.1. The molecule has 2 saturated heterocycles. The maximum atomic E-state index is 5.03. The van der Waals surface area contributed by atoms with Gasteiger partial charge in [0.25, 0.3) is 0 Å². The molecule has 2 aromatic rings. The van der Waals surface area contributed by atoms with Gasteiger partial charge in [0.05, 0.1) is 5.69 Å². The summed E-state index contributed by atoms with van der Waals surface area (Å²) in [6.45, 7) is 12.7. The van der Waals surface area contributed by atoms with Gasteiger partial charge in [-0.25, -0.2) is 0 Å². The molecule has 1 N–H and O–H groups in total. The molecule has 7 heteroatoms. The fourth-order valence-electron chi connectivity index (χ4n) is 5.59. The maximum Gasteiger partial charge on any atom is 0.193 e. The summed E-state index contributed by atoms with van der Waals surface area (Å²) in [5.41, 5.74) is 5.16. The number of benzene rings is 1. The second-order valence-electron chi connectivity index (χ2n) is 9.42. The highest BCUT2D eigenvalue weighted by Gasteiger charge is 2.36. The van der Waals surface area contributed by atoms with Crippen molar-refractivity contribution in [2.75, 3.05) is 32.7 Å². The minimum Gasteiger partial charge on any atom is -0.357 e. The first-order chi connectivity index (χ1) is 15.6. The van der Waals surface area contributed by atoms with Crippen LogP contribution in [-0.4, -0.2) is 64.3 Å². The van der Waals surface area contributed by atoms with Crippen LogP contribution in [0.15, 0.2) is 35.3 Å². The molecule has 6 nitrogen and oxygen atoms in total. The van der Waals surface area contributed by atoms with Crippen molar-refractivity contribution in [2.24, 2.45) is 18.0 Å². The molecular formula is C26H41IN6. The van der Waals surface area contributed by atoms with Gasteiger partial charge in [-0.3, -0.25) is 14.6 Å². The van der Waals surface area contributed by atoms with Crippen LogP contribution in [0.4, 0.5) is 0 Å². The Morgan fingerprint density at radius 1 is 1.15 bits per heavy atom. The smallest absolute Gasteiger partial charge is 0.193 e. The molecule has 2 aliphatic rings. The second kappa shape index (κ2) is 12.2. The van der Waals surface area contributed by atoms with Gasteiger partial charge in [0.2, 0.25) is 0 Å². The Bertz CT molecular complexity index is 909. The number of aliphatic imine (C=N–C) groups is 1. The van der Waals surface area contributed by atoms with Gasteiger partial charge >= 0.3 is 0 Å². The quantitative estimate of drug-likeness (QED) is 0.326. The van der Waals surface area contributed by atoms with Crippen LogP contribution in [0.25, 0.3) is 0 Å². The Hall–Kier alpha value is -1.61. The lowest BCUT2D eigenvalue weighted by atomic mass is 9.83. The predicted octanol–water partition coefficient (Wildman–Crippen LogP) is 4.15. The Morgan fingerprint density at radius 3 is 2.64 bits per heavy atom. The average molecular weight is 565 g/mol. The highest BCUT2D eigenvalue weighted by Crippen LogP contribution is 2.31. The van der Waals surface area contributed by atoms with E-state index in [0.717, 1.165) is 56.7 Å². The molecule has 0 radical (unpaired) electrons. The lowest BCUT2D eigenvalue weighted by Crippen LogP contribution is -2.56. The van der Waals surface area contributed by atoms with E-state index >= 15 is 0 Å². The van der Waals surface area contributed by atoms with Crippen LogP contribution in [0.5, 0.6) is 0 Å². The largest absolute Gasteiger partial charge is 0.357 e. The molecular weight excluding hydrogens is 523 g/mol. The molecule has 2 aliphatic heterocycles. The summed E-state index contributed by atoms with van der Waals surface area (Å²) < 4.78 is 1.98. The first kappa shape index (κ1) is 26.0. The van der Waals surface area contributed by atoms with E-state index in [-0.39, 0.29) is 24.0 Å². The van der Waals surface area contributed by atoms with E-state index < -0.39 is 0 Å². The van der Waals surface area contributed by atoms with E-state index in [4.69, 9.17) is 4.99 Å². The normalized spacial score (nSPS) is 21.5. The van der Waals surface area contributed by atoms with Gasteiger partial charge in [0.15, 0.2) is 5.96 Å². The number of aryl methyl sites for hydroxylation is 2. The predicted molar refractivity (Wildman–Crippen MR) is 147 cm³/mol. The minimum atomic E-state index is 0. The molecule has 1 aromatic heterocycles. The Balaban J connectivity index is 0.00000306. The standard InChI is InChI=1S/C26H40N6.HI/c1-5-27-26(28-15-13-24-20(2)29-30(4)21(24)3)32-17-14-25-23(19-32)12-9-16-31(25)18-22-10-7-6-8-11-22;/h6-8,10-11,23,25H,5,9,12-19H2,1-4H3,(H,27,28);1H. The molecule has 182 valence electrons. The fourth-order valence-corrected chi connectivity index (χ4v) is 5.59.